The predicted octanol–water partition coefficient (Wildman–Crippen LogP) is 4.02. The molecule has 2 aromatic carbocycles. The van der Waals surface area contributed by atoms with Crippen molar-refractivity contribution in [2.24, 2.45) is 0 Å². The Kier molecular flexibility index (Phi) is 4.29. The van der Waals surface area contributed by atoms with Crippen LogP contribution in [0.2, 0.25) is 0 Å². The van der Waals surface area contributed by atoms with Crippen LogP contribution in [-0.2, 0) is 4.79 Å². The minimum Gasteiger partial charge on any atom is -0.479 e. The molecule has 24 heavy (non-hydrogen) atoms. The molecule has 6 heteroatoms. The van der Waals surface area contributed by atoms with Gasteiger partial charge in [0.2, 0.25) is 5.88 Å². The normalized spacial score (nSPS) is 11.9. The molecule has 122 valence electrons. The van der Waals surface area contributed by atoms with Crippen molar-refractivity contribution in [3.05, 3.63) is 60.4 Å². The molecule has 0 radical (unpaired) electrons. The van der Waals surface area contributed by atoms with Gasteiger partial charge in [0, 0.05) is 17.5 Å². The third kappa shape index (κ3) is 3.60. The van der Waals surface area contributed by atoms with Crippen molar-refractivity contribution in [1.29, 1.82) is 0 Å². The molecule has 0 unspecified atom stereocenters. The number of carbonyl (C=O) groups is 1. The third-order valence-electron chi connectivity index (χ3n) is 3.34. The first-order valence-corrected chi connectivity index (χ1v) is 7.25. The molecular formula is C18H14FNO4. The number of fused-ring (bicyclic) bond motifs is 1. The van der Waals surface area contributed by atoms with Crippen LogP contribution in [0.4, 0.5) is 4.39 Å². The molecule has 0 amide bonds. The van der Waals surface area contributed by atoms with E-state index in [1.807, 2.05) is 0 Å². The summed E-state index contributed by atoms with van der Waals surface area (Å²) in [4.78, 5) is 15.0. The summed E-state index contributed by atoms with van der Waals surface area (Å²) in [6.45, 7) is 1.45. The smallest absolute Gasteiger partial charge is 0.344 e. The van der Waals surface area contributed by atoms with Crippen LogP contribution >= 0.6 is 0 Å². The molecule has 0 bridgehead atoms. The van der Waals surface area contributed by atoms with Gasteiger partial charge in [0.25, 0.3) is 0 Å². The number of nitrogens with zero attached hydrogens (tertiary/aromatic N) is 1. The number of carboxylic acid groups (broad SMARTS) is 1. The van der Waals surface area contributed by atoms with Gasteiger partial charge < -0.3 is 14.6 Å². The predicted molar refractivity (Wildman–Crippen MR) is 85.9 cm³/mol. The molecule has 1 aromatic heterocycles. The van der Waals surface area contributed by atoms with E-state index < -0.39 is 12.1 Å². The summed E-state index contributed by atoms with van der Waals surface area (Å²) in [7, 11) is 0. The average molecular weight is 327 g/mol. The summed E-state index contributed by atoms with van der Waals surface area (Å²) >= 11 is 0. The van der Waals surface area contributed by atoms with Crippen LogP contribution in [0.25, 0.3) is 10.9 Å². The standard InChI is InChI=1S/C18H14FNO4/c1-11(18(21)22)23-14-5-7-15(8-6-14)24-17-9-3-12-2-4-13(19)10-16(12)20-17/h2-11H,1H3,(H,21,22)/t11-/m0/s1. The van der Waals surface area contributed by atoms with Crippen molar-refractivity contribution in [2.45, 2.75) is 13.0 Å². The number of halogens is 1. The zero-order valence-corrected chi connectivity index (χ0v) is 12.8. The monoisotopic (exact) mass is 327 g/mol. The molecule has 0 saturated carbocycles. The van der Waals surface area contributed by atoms with Crippen LogP contribution in [-0.4, -0.2) is 22.2 Å². The lowest BCUT2D eigenvalue weighted by Crippen LogP contribution is -2.22. The number of rotatable bonds is 5. The van der Waals surface area contributed by atoms with Crippen LogP contribution in [0.3, 0.4) is 0 Å². The van der Waals surface area contributed by atoms with E-state index in [0.29, 0.717) is 22.9 Å². The van der Waals surface area contributed by atoms with Crippen molar-refractivity contribution in [2.75, 3.05) is 0 Å². The molecule has 5 nitrogen and oxygen atoms in total. The summed E-state index contributed by atoms with van der Waals surface area (Å²) in [6, 6.07) is 14.3. The topological polar surface area (TPSA) is 68.7 Å². The summed E-state index contributed by atoms with van der Waals surface area (Å²) < 4.78 is 24.1. The second-order valence-electron chi connectivity index (χ2n) is 5.16. The number of aliphatic carboxylic acids is 1. The van der Waals surface area contributed by atoms with E-state index in [4.69, 9.17) is 14.6 Å². The first kappa shape index (κ1) is 15.7. The Morgan fingerprint density at radius 3 is 2.46 bits per heavy atom. The number of ether oxygens (including phenoxy) is 2. The van der Waals surface area contributed by atoms with Gasteiger partial charge in [0.15, 0.2) is 6.10 Å². The second kappa shape index (κ2) is 6.54. The molecule has 0 aliphatic rings. The van der Waals surface area contributed by atoms with Crippen molar-refractivity contribution in [3.8, 4) is 17.4 Å². The molecule has 1 heterocycles. The van der Waals surface area contributed by atoms with E-state index in [2.05, 4.69) is 4.98 Å². The molecule has 0 spiro atoms. The number of benzene rings is 2. The fourth-order valence-electron chi connectivity index (χ4n) is 2.09. The summed E-state index contributed by atoms with van der Waals surface area (Å²) in [5.74, 6) is -0.135. The van der Waals surface area contributed by atoms with Gasteiger partial charge in [-0.25, -0.2) is 14.2 Å². The molecule has 0 saturated heterocycles. The van der Waals surface area contributed by atoms with E-state index in [9.17, 15) is 9.18 Å². The molecule has 3 rings (SSSR count). The van der Waals surface area contributed by atoms with Crippen LogP contribution in [0, 0.1) is 5.82 Å². The number of aromatic nitrogens is 1. The molecule has 0 aliphatic carbocycles. The lowest BCUT2D eigenvalue weighted by Gasteiger charge is -2.11. The van der Waals surface area contributed by atoms with E-state index in [-0.39, 0.29) is 5.82 Å². The van der Waals surface area contributed by atoms with Gasteiger partial charge in [-0.1, -0.05) is 0 Å². The highest BCUT2D eigenvalue weighted by atomic mass is 19.1. The molecule has 0 aliphatic heterocycles. The van der Waals surface area contributed by atoms with Crippen LogP contribution in [0.15, 0.2) is 54.6 Å². The van der Waals surface area contributed by atoms with Crippen LogP contribution in [0.5, 0.6) is 17.4 Å². The molecule has 1 N–H and O–H groups in total. The fraction of sp³-hybridized carbons (Fsp3) is 0.111. The Bertz CT molecular complexity index is 880. The van der Waals surface area contributed by atoms with Crippen molar-refractivity contribution in [1.82, 2.24) is 4.98 Å². The third-order valence-corrected chi connectivity index (χ3v) is 3.34. The highest BCUT2D eigenvalue weighted by Crippen LogP contribution is 2.25. The summed E-state index contributed by atoms with van der Waals surface area (Å²) in [5.41, 5.74) is 0.503. The first-order chi connectivity index (χ1) is 11.5. The fourth-order valence-corrected chi connectivity index (χ4v) is 2.09. The lowest BCUT2D eigenvalue weighted by atomic mass is 10.2. The maximum absolute atomic E-state index is 13.3. The van der Waals surface area contributed by atoms with Gasteiger partial charge >= 0.3 is 5.97 Å². The van der Waals surface area contributed by atoms with Crippen molar-refractivity contribution < 1.29 is 23.8 Å². The SMILES string of the molecule is C[C@H](Oc1ccc(Oc2ccc3ccc(F)cc3n2)cc1)C(=O)O. The van der Waals surface area contributed by atoms with Gasteiger partial charge in [0.1, 0.15) is 17.3 Å². The number of pyridine rings is 1. The van der Waals surface area contributed by atoms with Gasteiger partial charge in [-0.2, -0.15) is 0 Å². The van der Waals surface area contributed by atoms with E-state index in [1.54, 1.807) is 42.5 Å². The van der Waals surface area contributed by atoms with Crippen molar-refractivity contribution in [3.63, 3.8) is 0 Å². The summed E-state index contributed by atoms with van der Waals surface area (Å²) in [6.07, 6.45) is -0.936. The van der Waals surface area contributed by atoms with Gasteiger partial charge in [0.05, 0.1) is 5.52 Å². The highest BCUT2D eigenvalue weighted by Gasteiger charge is 2.12. The summed E-state index contributed by atoms with van der Waals surface area (Å²) in [5, 5.41) is 9.63. The maximum atomic E-state index is 13.3. The zero-order chi connectivity index (χ0) is 17.1. The van der Waals surface area contributed by atoms with E-state index in [0.717, 1.165) is 5.39 Å². The molecule has 0 fully saturated rings. The Morgan fingerprint density at radius 2 is 1.75 bits per heavy atom. The quantitative estimate of drug-likeness (QED) is 0.766. The Hall–Kier alpha value is -3.15. The first-order valence-electron chi connectivity index (χ1n) is 7.25. The number of hydrogen-bond donors (Lipinski definition) is 1. The Balaban J connectivity index is 1.75. The number of carboxylic acids is 1. The van der Waals surface area contributed by atoms with E-state index >= 15 is 0 Å². The Labute approximate surface area is 137 Å². The van der Waals surface area contributed by atoms with Gasteiger partial charge in [-0.15, -0.1) is 0 Å². The minimum atomic E-state index is -1.04. The van der Waals surface area contributed by atoms with E-state index in [1.165, 1.54) is 19.1 Å². The number of hydrogen-bond acceptors (Lipinski definition) is 4. The largest absolute Gasteiger partial charge is 0.479 e. The van der Waals surface area contributed by atoms with Crippen LogP contribution < -0.4 is 9.47 Å². The minimum absolute atomic E-state index is 0.334. The van der Waals surface area contributed by atoms with Gasteiger partial charge in [-0.3, -0.25) is 0 Å². The molecular weight excluding hydrogens is 313 g/mol. The van der Waals surface area contributed by atoms with Crippen LogP contribution in [0.1, 0.15) is 6.92 Å². The molecule has 1 atom stereocenters. The highest BCUT2D eigenvalue weighted by molar-refractivity contribution is 5.79. The zero-order valence-electron chi connectivity index (χ0n) is 12.8. The second-order valence-corrected chi connectivity index (χ2v) is 5.16. The van der Waals surface area contributed by atoms with Gasteiger partial charge in [-0.05, 0) is 49.4 Å². The van der Waals surface area contributed by atoms with Crippen molar-refractivity contribution >= 4 is 16.9 Å². The average Bonchev–Trinajstić information content (AvgIpc) is 2.56. The lowest BCUT2D eigenvalue weighted by molar-refractivity contribution is -0.144. The maximum Gasteiger partial charge on any atom is 0.344 e. The molecule has 3 aromatic rings. The Morgan fingerprint density at radius 1 is 1.08 bits per heavy atom.